The number of hydrogen-bond acceptors (Lipinski definition) is 2. The Balaban J connectivity index is 2.37. The van der Waals surface area contributed by atoms with Crippen molar-refractivity contribution >= 4 is 12.0 Å². The Labute approximate surface area is 176 Å². The average molecular weight is 397 g/mol. The largest absolute Gasteiger partial charge is 0.493 e. The van der Waals surface area contributed by atoms with Gasteiger partial charge < -0.3 is 9.84 Å². The summed E-state index contributed by atoms with van der Waals surface area (Å²) < 4.78 is 6.10. The monoisotopic (exact) mass is 396 g/mol. The van der Waals surface area contributed by atoms with Crippen LogP contribution in [0.5, 0.6) is 5.75 Å². The van der Waals surface area contributed by atoms with Crippen molar-refractivity contribution in [2.24, 2.45) is 0 Å². The summed E-state index contributed by atoms with van der Waals surface area (Å²) in [7, 11) is 0. The van der Waals surface area contributed by atoms with E-state index in [0.29, 0.717) is 6.61 Å². The number of carboxylic acid groups (broad SMARTS) is 1. The second-order valence-electron chi connectivity index (χ2n) is 9.32. The van der Waals surface area contributed by atoms with Crippen molar-refractivity contribution in [1.82, 2.24) is 0 Å². The Morgan fingerprint density at radius 1 is 1.10 bits per heavy atom. The van der Waals surface area contributed by atoms with Crippen molar-refractivity contribution in [3.8, 4) is 5.75 Å². The van der Waals surface area contributed by atoms with E-state index in [-0.39, 0.29) is 17.3 Å². The van der Waals surface area contributed by atoms with E-state index in [1.54, 1.807) is 6.08 Å². The Morgan fingerprint density at radius 3 is 2.31 bits per heavy atom. The molecule has 1 aromatic rings. The molecule has 0 spiro atoms. The molecule has 1 aromatic carbocycles. The van der Waals surface area contributed by atoms with Gasteiger partial charge in [-0.05, 0) is 60.3 Å². The van der Waals surface area contributed by atoms with E-state index in [1.807, 2.05) is 25.2 Å². The number of carbonyl (C=O) groups is 1. The van der Waals surface area contributed by atoms with Gasteiger partial charge in [-0.15, -0.1) is 0 Å². The van der Waals surface area contributed by atoms with Crippen molar-refractivity contribution in [2.75, 3.05) is 6.61 Å². The molecular formula is C26H36O3. The molecule has 0 aromatic heterocycles. The van der Waals surface area contributed by atoms with E-state index in [2.05, 4.69) is 52.8 Å². The third-order valence-electron chi connectivity index (χ3n) is 5.79. The molecule has 0 atom stereocenters. The second-order valence-corrected chi connectivity index (χ2v) is 9.32. The van der Waals surface area contributed by atoms with Crippen LogP contribution in [0.15, 0.2) is 42.0 Å². The van der Waals surface area contributed by atoms with E-state index < -0.39 is 5.97 Å². The van der Waals surface area contributed by atoms with Gasteiger partial charge in [0.25, 0.3) is 0 Å². The van der Waals surface area contributed by atoms with E-state index in [0.717, 1.165) is 23.3 Å². The lowest BCUT2D eigenvalue weighted by atomic mass is 9.63. The summed E-state index contributed by atoms with van der Waals surface area (Å²) in [5.41, 5.74) is 5.16. The van der Waals surface area contributed by atoms with Gasteiger partial charge in [-0.3, -0.25) is 4.79 Å². The number of fused-ring (bicyclic) bond motifs is 1. The van der Waals surface area contributed by atoms with E-state index in [9.17, 15) is 4.79 Å². The van der Waals surface area contributed by atoms with Gasteiger partial charge in [-0.2, -0.15) is 0 Å². The predicted octanol–water partition coefficient (Wildman–Crippen LogP) is 6.81. The molecule has 1 aliphatic carbocycles. The highest BCUT2D eigenvalue weighted by atomic mass is 16.5. The third kappa shape index (κ3) is 6.09. The molecule has 0 aliphatic heterocycles. The SMILES string of the molecule is CCCOc1cc2c(cc1/C=C/C=C/C(C)=C\CC(=O)O)C(C)(C)CCC2(C)C. The van der Waals surface area contributed by atoms with Crippen molar-refractivity contribution in [1.29, 1.82) is 0 Å². The minimum atomic E-state index is -0.814. The zero-order valence-corrected chi connectivity index (χ0v) is 18.8. The molecule has 29 heavy (non-hydrogen) atoms. The van der Waals surface area contributed by atoms with Crippen molar-refractivity contribution < 1.29 is 14.6 Å². The van der Waals surface area contributed by atoms with Crippen molar-refractivity contribution in [3.05, 3.63) is 58.7 Å². The number of carboxylic acids is 1. The molecule has 1 N–H and O–H groups in total. The molecule has 0 saturated carbocycles. The molecule has 2 rings (SSSR count). The van der Waals surface area contributed by atoms with Crippen LogP contribution in [0, 0.1) is 0 Å². The molecule has 0 radical (unpaired) electrons. The fourth-order valence-electron chi connectivity index (χ4n) is 3.76. The van der Waals surface area contributed by atoms with Gasteiger partial charge in [0.2, 0.25) is 0 Å². The highest BCUT2D eigenvalue weighted by Crippen LogP contribution is 2.47. The molecule has 3 nitrogen and oxygen atoms in total. The van der Waals surface area contributed by atoms with Gasteiger partial charge in [0, 0.05) is 5.56 Å². The Bertz CT molecular complexity index is 823. The van der Waals surface area contributed by atoms with Crippen LogP contribution in [-0.4, -0.2) is 17.7 Å². The number of ether oxygens (including phenoxy) is 1. The molecule has 0 saturated heterocycles. The van der Waals surface area contributed by atoms with Gasteiger partial charge in [0.05, 0.1) is 13.0 Å². The Morgan fingerprint density at radius 2 is 1.72 bits per heavy atom. The fraction of sp³-hybridized carbons (Fsp3) is 0.500. The van der Waals surface area contributed by atoms with Gasteiger partial charge in [-0.25, -0.2) is 0 Å². The third-order valence-corrected chi connectivity index (χ3v) is 5.79. The first-order valence-electron chi connectivity index (χ1n) is 10.6. The number of aliphatic carboxylic acids is 1. The quantitative estimate of drug-likeness (QED) is 0.491. The second kappa shape index (κ2) is 9.47. The molecule has 3 heteroatoms. The normalized spacial score (nSPS) is 18.2. The molecule has 0 unspecified atom stereocenters. The van der Waals surface area contributed by atoms with Crippen LogP contribution in [0.1, 0.15) is 83.9 Å². The number of allylic oxidation sites excluding steroid dienone is 4. The van der Waals surface area contributed by atoms with Crippen molar-refractivity contribution in [3.63, 3.8) is 0 Å². The molecule has 0 heterocycles. The van der Waals surface area contributed by atoms with Crippen LogP contribution < -0.4 is 4.74 Å². The number of hydrogen-bond donors (Lipinski definition) is 1. The van der Waals surface area contributed by atoms with Crippen molar-refractivity contribution in [2.45, 2.75) is 78.1 Å². The van der Waals surface area contributed by atoms with Crippen LogP contribution in [0.2, 0.25) is 0 Å². The highest BCUT2D eigenvalue weighted by molar-refractivity contribution is 5.69. The molecule has 0 fully saturated rings. The zero-order valence-electron chi connectivity index (χ0n) is 18.8. The van der Waals surface area contributed by atoms with E-state index >= 15 is 0 Å². The molecule has 1 aliphatic rings. The maximum Gasteiger partial charge on any atom is 0.307 e. The smallest absolute Gasteiger partial charge is 0.307 e. The summed E-state index contributed by atoms with van der Waals surface area (Å²) in [6, 6.07) is 4.56. The van der Waals surface area contributed by atoms with Gasteiger partial charge in [0.1, 0.15) is 5.75 Å². The maximum atomic E-state index is 10.7. The van der Waals surface area contributed by atoms with E-state index in [1.165, 1.54) is 24.0 Å². The molecule has 0 amide bonds. The zero-order chi connectivity index (χ0) is 21.7. The first kappa shape index (κ1) is 23.0. The fourth-order valence-corrected chi connectivity index (χ4v) is 3.76. The Kier molecular flexibility index (Phi) is 7.51. The summed E-state index contributed by atoms with van der Waals surface area (Å²) in [6.07, 6.45) is 13.1. The summed E-state index contributed by atoms with van der Waals surface area (Å²) in [5.74, 6) is 0.129. The first-order chi connectivity index (χ1) is 13.6. The predicted molar refractivity (Wildman–Crippen MR) is 122 cm³/mol. The van der Waals surface area contributed by atoms with Crippen LogP contribution >= 0.6 is 0 Å². The number of rotatable bonds is 8. The van der Waals surface area contributed by atoms with Gasteiger partial charge in [-0.1, -0.05) is 70.6 Å². The molecular weight excluding hydrogens is 360 g/mol. The van der Waals surface area contributed by atoms with E-state index in [4.69, 9.17) is 9.84 Å². The van der Waals surface area contributed by atoms with Gasteiger partial charge in [0.15, 0.2) is 0 Å². The Hall–Kier alpha value is -2.29. The molecule has 158 valence electrons. The van der Waals surface area contributed by atoms with Crippen LogP contribution in [0.25, 0.3) is 6.08 Å². The van der Waals surface area contributed by atoms with Crippen LogP contribution in [0.4, 0.5) is 0 Å². The summed E-state index contributed by atoms with van der Waals surface area (Å²) in [6.45, 7) is 14.1. The first-order valence-corrected chi connectivity index (χ1v) is 10.6. The number of benzene rings is 1. The van der Waals surface area contributed by atoms with Gasteiger partial charge >= 0.3 is 5.97 Å². The summed E-state index contributed by atoms with van der Waals surface area (Å²) in [5, 5.41) is 8.76. The molecule has 0 bridgehead atoms. The topological polar surface area (TPSA) is 46.5 Å². The lowest BCUT2D eigenvalue weighted by Crippen LogP contribution is -2.34. The summed E-state index contributed by atoms with van der Waals surface area (Å²) >= 11 is 0. The van der Waals surface area contributed by atoms with Crippen LogP contribution in [0.3, 0.4) is 0 Å². The minimum absolute atomic E-state index is 0.0462. The lowest BCUT2D eigenvalue weighted by Gasteiger charge is -2.42. The summed E-state index contributed by atoms with van der Waals surface area (Å²) in [4.78, 5) is 10.7. The average Bonchev–Trinajstić information content (AvgIpc) is 2.65. The van der Waals surface area contributed by atoms with Crippen LogP contribution in [-0.2, 0) is 15.6 Å². The minimum Gasteiger partial charge on any atom is -0.493 e. The lowest BCUT2D eigenvalue weighted by molar-refractivity contribution is -0.136. The maximum absolute atomic E-state index is 10.7. The highest BCUT2D eigenvalue weighted by Gasteiger charge is 2.37. The standard InChI is InChI=1S/C26H36O3/c1-7-16-29-23-18-22-21(25(3,4)14-15-26(22,5)6)17-20(23)11-9-8-10-19(2)12-13-24(27)28/h8-12,17-18H,7,13-16H2,1-6H3,(H,27,28)/b10-8+,11-9+,19-12-.